The fourth-order valence-electron chi connectivity index (χ4n) is 3.46. The monoisotopic (exact) mass is 550 g/mol. The highest BCUT2D eigenvalue weighted by Gasteiger charge is 2.36. The number of hydrogen-bond donors (Lipinski definition) is 2. The van der Waals surface area contributed by atoms with E-state index in [0.29, 0.717) is 41.6 Å². The Bertz CT molecular complexity index is 1320. The van der Waals surface area contributed by atoms with Gasteiger partial charge in [0.15, 0.2) is 5.01 Å². The van der Waals surface area contributed by atoms with Gasteiger partial charge >= 0.3 is 0 Å². The Balaban J connectivity index is 0.000000591. The van der Waals surface area contributed by atoms with Gasteiger partial charge in [0.05, 0.1) is 41.4 Å². The molecule has 3 aromatic rings. The van der Waals surface area contributed by atoms with Crippen LogP contribution >= 0.6 is 11.3 Å². The van der Waals surface area contributed by atoms with Crippen molar-refractivity contribution in [3.8, 4) is 16.5 Å². The van der Waals surface area contributed by atoms with Gasteiger partial charge in [-0.2, -0.15) is 0 Å². The van der Waals surface area contributed by atoms with Crippen LogP contribution in [0, 0.1) is 0 Å². The van der Waals surface area contributed by atoms with E-state index in [4.69, 9.17) is 4.74 Å². The zero-order chi connectivity index (χ0) is 26.3. The molecule has 2 N–H and O–H groups in total. The summed E-state index contributed by atoms with van der Waals surface area (Å²) in [4.78, 5) is 36.1. The number of hydrogen-bond acceptors (Lipinski definition) is 11. The Morgan fingerprint density at radius 3 is 2.65 bits per heavy atom. The molecule has 0 bridgehead atoms. The van der Waals surface area contributed by atoms with Gasteiger partial charge in [-0.25, -0.2) is 28.4 Å². The Morgan fingerprint density at radius 2 is 1.97 bits per heavy atom. The molecule has 14 heteroatoms. The zero-order valence-corrected chi connectivity index (χ0v) is 22.4. The Morgan fingerprint density at radius 1 is 1.19 bits per heavy atom. The normalized spacial score (nSPS) is 15.5. The molecule has 0 aromatic carbocycles. The number of carbonyl (C=O) groups excluding carboxylic acids is 1. The third-order valence-electron chi connectivity index (χ3n) is 5.55. The molecule has 202 valence electrons. The number of rotatable bonds is 9. The van der Waals surface area contributed by atoms with Crippen LogP contribution in [0.1, 0.15) is 51.0 Å². The van der Waals surface area contributed by atoms with Gasteiger partial charge in [-0.05, 0) is 52.7 Å². The van der Waals surface area contributed by atoms with Gasteiger partial charge < -0.3 is 15.0 Å². The lowest BCUT2D eigenvalue weighted by atomic mass is 10.4. The highest BCUT2D eigenvalue weighted by atomic mass is 32.2. The first-order chi connectivity index (χ1) is 17.8. The second kappa shape index (κ2) is 12.3. The van der Waals surface area contributed by atoms with Gasteiger partial charge in [-0.3, -0.25) is 14.5 Å². The molecule has 0 unspecified atom stereocenters. The van der Waals surface area contributed by atoms with Gasteiger partial charge in [0, 0.05) is 15.1 Å². The molecule has 0 spiro atoms. The van der Waals surface area contributed by atoms with Crippen LogP contribution in [0.2, 0.25) is 0 Å². The van der Waals surface area contributed by atoms with Gasteiger partial charge in [0.1, 0.15) is 17.8 Å². The molecule has 1 saturated heterocycles. The van der Waals surface area contributed by atoms with E-state index in [2.05, 4.69) is 46.9 Å². The number of aromatic nitrogens is 5. The number of amides is 1. The van der Waals surface area contributed by atoms with E-state index >= 15 is 0 Å². The predicted octanol–water partition coefficient (Wildman–Crippen LogP) is 2.83. The van der Waals surface area contributed by atoms with Crippen molar-refractivity contribution in [3.05, 3.63) is 41.7 Å². The fraction of sp³-hybridized carbons (Fsp3) is 0.478. The predicted molar refractivity (Wildman–Crippen MR) is 144 cm³/mol. The average molecular weight is 551 g/mol. The first kappa shape index (κ1) is 26.8. The molecule has 0 radical (unpaired) electrons. The second-order valence-corrected chi connectivity index (χ2v) is 11.6. The molecule has 4 heterocycles. The minimum absolute atomic E-state index is 0. The summed E-state index contributed by atoms with van der Waals surface area (Å²) in [5.41, 5.74) is 1.02. The minimum Gasteiger partial charge on any atom is -0.477 e. The van der Waals surface area contributed by atoms with Crippen LogP contribution in [0.15, 0.2) is 31.0 Å². The Kier molecular flexibility index (Phi) is 8.95. The quantitative estimate of drug-likeness (QED) is 0.407. The Labute approximate surface area is 223 Å². The van der Waals surface area contributed by atoms with Gasteiger partial charge in [0.2, 0.25) is 15.9 Å². The zero-order valence-electron chi connectivity index (χ0n) is 20.8. The van der Waals surface area contributed by atoms with E-state index < -0.39 is 10.0 Å². The summed E-state index contributed by atoms with van der Waals surface area (Å²) >= 11 is 1.17. The summed E-state index contributed by atoms with van der Waals surface area (Å²) in [5, 5.41) is 2.61. The number of likely N-dealkylation sites (tertiary alicyclic amines) is 1. The molecule has 1 aliphatic carbocycles. The molecule has 1 aliphatic heterocycles. The maximum atomic E-state index is 12.5. The van der Waals surface area contributed by atoms with Crippen molar-refractivity contribution in [1.29, 1.82) is 0 Å². The van der Waals surface area contributed by atoms with Crippen molar-refractivity contribution in [2.75, 3.05) is 31.5 Å². The van der Waals surface area contributed by atoms with Crippen LogP contribution in [0.3, 0.4) is 0 Å². The third kappa shape index (κ3) is 7.87. The molecule has 2 fully saturated rings. The van der Waals surface area contributed by atoms with Crippen LogP contribution in [-0.2, 0) is 16.6 Å². The van der Waals surface area contributed by atoms with Gasteiger partial charge in [-0.15, -0.1) is 11.3 Å². The molecule has 3 aromatic heterocycles. The molecule has 2 aliphatic rings. The van der Waals surface area contributed by atoms with Gasteiger partial charge in [0.25, 0.3) is 5.91 Å². The topological polar surface area (TPSA) is 152 Å². The number of ether oxygens (including phenoxy) is 1. The number of carbonyl (C=O) groups is 1. The van der Waals surface area contributed by atoms with Crippen LogP contribution < -0.4 is 14.8 Å². The lowest BCUT2D eigenvalue weighted by Crippen LogP contribution is -2.23. The molecule has 1 amide bonds. The van der Waals surface area contributed by atoms with Crippen LogP contribution in [0.4, 0.5) is 5.82 Å². The van der Waals surface area contributed by atoms with E-state index in [1.54, 1.807) is 12.4 Å². The molecule has 12 nitrogen and oxygen atoms in total. The smallest absolute Gasteiger partial charge is 0.280 e. The number of nitrogens with zero attached hydrogens (tertiary/aromatic N) is 6. The summed E-state index contributed by atoms with van der Waals surface area (Å²) in [5.74, 6) is 0.190. The van der Waals surface area contributed by atoms with Crippen molar-refractivity contribution in [2.45, 2.75) is 44.4 Å². The number of sulfonamides is 1. The molecule has 37 heavy (non-hydrogen) atoms. The van der Waals surface area contributed by atoms with Crippen molar-refractivity contribution >= 4 is 33.1 Å². The fourth-order valence-corrected chi connectivity index (χ4v) is 5.57. The molecule has 5 rings (SSSR count). The van der Waals surface area contributed by atoms with Crippen LogP contribution in [0.25, 0.3) is 10.6 Å². The number of thiazole rings is 1. The van der Waals surface area contributed by atoms with Crippen molar-refractivity contribution in [2.24, 2.45) is 0 Å². The standard InChI is InChI=1S/C18H19N7O4S2.C5H11N.2H2/c1-2-29-16-9-19-7-13(24-16)14-8-21-18(30-14)17(26)20-6-11-5-15(23-10-22-11)25-31(27,28)12-3-4-12;1-6-4-2-3-5-6;;/h5,7-10,12H,2-4,6H2,1H3,(H,20,26)(H,22,23,25);2-5H2,1H3;2*1H. The maximum Gasteiger partial charge on any atom is 0.280 e. The van der Waals surface area contributed by atoms with E-state index in [9.17, 15) is 13.2 Å². The number of nitrogens with one attached hydrogen (secondary N) is 2. The van der Waals surface area contributed by atoms with Crippen molar-refractivity contribution in [3.63, 3.8) is 0 Å². The molecule has 0 atom stereocenters. The Hall–Kier alpha value is -3.23. The largest absolute Gasteiger partial charge is 0.477 e. The van der Waals surface area contributed by atoms with E-state index in [1.807, 2.05) is 6.92 Å². The number of anilines is 1. The SMILES string of the molecule is CCOc1cncc(-c2cnc(C(=O)NCc3cc(NS(=O)(=O)C4CC4)ncn3)s2)n1.CN1CCCC1.[HH].[HH]. The van der Waals surface area contributed by atoms with E-state index in [1.165, 1.54) is 55.9 Å². The van der Waals surface area contributed by atoms with Gasteiger partial charge in [-0.1, -0.05) is 0 Å². The van der Waals surface area contributed by atoms with Crippen molar-refractivity contribution in [1.82, 2.24) is 35.1 Å². The summed E-state index contributed by atoms with van der Waals surface area (Å²) in [6, 6.07) is 1.49. The molecule has 1 saturated carbocycles. The minimum atomic E-state index is -3.42. The first-order valence-corrected chi connectivity index (χ1v) is 14.4. The summed E-state index contributed by atoms with van der Waals surface area (Å²) < 4.78 is 31.9. The summed E-state index contributed by atoms with van der Waals surface area (Å²) in [6.45, 7) is 5.06. The highest BCUT2D eigenvalue weighted by molar-refractivity contribution is 7.93. The average Bonchev–Trinajstić information content (AvgIpc) is 3.45. The van der Waals surface area contributed by atoms with E-state index in [-0.39, 0.29) is 31.4 Å². The summed E-state index contributed by atoms with van der Waals surface area (Å²) in [6.07, 6.45) is 10.0. The highest BCUT2D eigenvalue weighted by Crippen LogP contribution is 2.29. The third-order valence-corrected chi connectivity index (χ3v) is 8.41. The first-order valence-electron chi connectivity index (χ1n) is 12.0. The molecular formula is C23H34N8O4S2. The van der Waals surface area contributed by atoms with E-state index in [0.717, 1.165) is 0 Å². The molecular weight excluding hydrogens is 516 g/mol. The summed E-state index contributed by atoms with van der Waals surface area (Å²) in [7, 11) is -1.24. The maximum absolute atomic E-state index is 12.5. The lowest BCUT2D eigenvalue weighted by Gasteiger charge is -2.07. The van der Waals surface area contributed by atoms with Crippen LogP contribution in [-0.4, -0.2) is 76.1 Å². The lowest BCUT2D eigenvalue weighted by molar-refractivity contribution is 0.0950. The van der Waals surface area contributed by atoms with Crippen LogP contribution in [0.5, 0.6) is 5.88 Å². The van der Waals surface area contributed by atoms with Crippen molar-refractivity contribution < 1.29 is 20.8 Å². The second-order valence-electron chi connectivity index (χ2n) is 8.64.